The molecule has 0 saturated heterocycles. The number of hydrogen-bond acceptors (Lipinski definition) is 1. The molecule has 7 heteroatoms. The van der Waals surface area contributed by atoms with Crippen LogP contribution in [0.5, 0.6) is 0 Å². The summed E-state index contributed by atoms with van der Waals surface area (Å²) in [7, 11) is 0. The number of rotatable bonds is 3. The van der Waals surface area contributed by atoms with Crippen LogP contribution in [0.15, 0.2) is 48.5 Å². The van der Waals surface area contributed by atoms with E-state index in [0.29, 0.717) is 38.1 Å². The molecule has 29 heavy (non-hydrogen) atoms. The summed E-state index contributed by atoms with van der Waals surface area (Å²) in [6.07, 6.45) is -2.76. The quantitative estimate of drug-likeness (QED) is 0.392. The van der Waals surface area contributed by atoms with Crippen molar-refractivity contribution < 1.29 is 13.2 Å². The van der Waals surface area contributed by atoms with Crippen molar-refractivity contribution in [3.8, 4) is 11.8 Å². The molecule has 148 valence electrons. The van der Waals surface area contributed by atoms with Gasteiger partial charge >= 0.3 is 6.18 Å². The fourth-order valence-electron chi connectivity index (χ4n) is 3.19. The van der Waals surface area contributed by atoms with Crippen molar-refractivity contribution in [2.75, 3.05) is 0 Å². The number of nitrogens with zero attached hydrogens (tertiary/aromatic N) is 2. The Labute approximate surface area is 176 Å². The Morgan fingerprint density at radius 1 is 1.07 bits per heavy atom. The van der Waals surface area contributed by atoms with Crippen molar-refractivity contribution in [2.24, 2.45) is 0 Å². The third-order valence-electron chi connectivity index (χ3n) is 4.54. The van der Waals surface area contributed by atoms with Crippen LogP contribution in [0.25, 0.3) is 17.3 Å². The minimum absolute atomic E-state index is 0.330. The average Bonchev–Trinajstić information content (AvgIpc) is 2.93. The lowest BCUT2D eigenvalue weighted by atomic mass is 10.0. The summed E-state index contributed by atoms with van der Waals surface area (Å²) in [6.45, 7) is 3.59. The van der Waals surface area contributed by atoms with Gasteiger partial charge in [-0.25, -0.2) is 0 Å². The highest BCUT2D eigenvalue weighted by molar-refractivity contribution is 6.36. The summed E-state index contributed by atoms with van der Waals surface area (Å²) in [4.78, 5) is 0. The minimum Gasteiger partial charge on any atom is -0.318 e. The van der Waals surface area contributed by atoms with E-state index in [9.17, 15) is 18.4 Å². The second kappa shape index (κ2) is 7.98. The summed E-state index contributed by atoms with van der Waals surface area (Å²) in [6, 6.07) is 13.9. The van der Waals surface area contributed by atoms with E-state index in [1.165, 1.54) is 6.07 Å². The third kappa shape index (κ3) is 4.34. The van der Waals surface area contributed by atoms with Crippen molar-refractivity contribution in [3.63, 3.8) is 0 Å². The van der Waals surface area contributed by atoms with Gasteiger partial charge in [-0.05, 0) is 61.9 Å². The zero-order valence-corrected chi connectivity index (χ0v) is 17.0. The molecule has 0 saturated carbocycles. The lowest BCUT2D eigenvalue weighted by molar-refractivity contribution is -0.137. The molecule has 0 N–H and O–H groups in total. The van der Waals surface area contributed by atoms with Gasteiger partial charge in [0, 0.05) is 27.7 Å². The molecular formula is C22H15Cl2F3N2. The first-order chi connectivity index (χ1) is 13.6. The van der Waals surface area contributed by atoms with E-state index in [-0.39, 0.29) is 0 Å². The van der Waals surface area contributed by atoms with Crippen molar-refractivity contribution >= 4 is 34.9 Å². The fourth-order valence-corrected chi connectivity index (χ4v) is 3.70. The average molecular weight is 435 g/mol. The third-order valence-corrected chi connectivity index (χ3v) is 5.09. The Balaban J connectivity index is 2.10. The SMILES string of the molecule is Cc1cc(/C=C(\C#N)c2ccc(Cl)cc2Cl)c(C)n1-c1cccc(C(F)(F)F)c1. The number of allylic oxidation sites excluding steroid dienone is 1. The summed E-state index contributed by atoms with van der Waals surface area (Å²) in [5, 5.41) is 10.4. The van der Waals surface area contributed by atoms with E-state index in [2.05, 4.69) is 6.07 Å². The minimum atomic E-state index is -4.42. The monoisotopic (exact) mass is 434 g/mol. The van der Waals surface area contributed by atoms with Crippen LogP contribution < -0.4 is 0 Å². The zero-order valence-electron chi connectivity index (χ0n) is 15.5. The van der Waals surface area contributed by atoms with Gasteiger partial charge in [0.1, 0.15) is 0 Å². The maximum Gasteiger partial charge on any atom is 0.416 e. The summed E-state index contributed by atoms with van der Waals surface area (Å²) < 4.78 is 41.0. The van der Waals surface area contributed by atoms with Crippen LogP contribution in [0.2, 0.25) is 10.0 Å². The van der Waals surface area contributed by atoms with Crippen molar-refractivity contribution in [1.29, 1.82) is 5.26 Å². The highest BCUT2D eigenvalue weighted by atomic mass is 35.5. The zero-order chi connectivity index (χ0) is 21.3. The van der Waals surface area contributed by atoms with Crippen LogP contribution in [0.3, 0.4) is 0 Å². The number of hydrogen-bond donors (Lipinski definition) is 0. The number of halogens is 5. The van der Waals surface area contributed by atoms with Crippen LogP contribution in [0.4, 0.5) is 13.2 Å². The van der Waals surface area contributed by atoms with E-state index in [4.69, 9.17) is 23.2 Å². The van der Waals surface area contributed by atoms with Crippen LogP contribution >= 0.6 is 23.2 Å². The van der Waals surface area contributed by atoms with Crippen LogP contribution in [-0.4, -0.2) is 4.57 Å². The summed E-state index contributed by atoms with van der Waals surface area (Å²) in [5.41, 5.74) is 2.70. The van der Waals surface area contributed by atoms with Crippen molar-refractivity contribution in [2.45, 2.75) is 20.0 Å². The molecule has 0 bridgehead atoms. The van der Waals surface area contributed by atoms with Gasteiger partial charge in [0.25, 0.3) is 0 Å². The molecule has 0 aliphatic rings. The van der Waals surface area contributed by atoms with E-state index in [1.54, 1.807) is 48.8 Å². The predicted molar refractivity (Wildman–Crippen MR) is 110 cm³/mol. The topological polar surface area (TPSA) is 28.7 Å². The Bertz CT molecular complexity index is 1150. The van der Waals surface area contributed by atoms with Gasteiger partial charge in [0.15, 0.2) is 0 Å². The van der Waals surface area contributed by atoms with E-state index >= 15 is 0 Å². The lowest BCUT2D eigenvalue weighted by Crippen LogP contribution is -2.07. The van der Waals surface area contributed by atoms with Gasteiger partial charge in [-0.15, -0.1) is 0 Å². The maximum atomic E-state index is 13.1. The first-order valence-corrected chi connectivity index (χ1v) is 9.31. The molecule has 2 aromatic carbocycles. The van der Waals surface area contributed by atoms with Crippen molar-refractivity contribution in [3.05, 3.63) is 86.7 Å². The predicted octanol–water partition coefficient (Wildman–Crippen LogP) is 7.48. The van der Waals surface area contributed by atoms with Gasteiger partial charge in [-0.1, -0.05) is 35.3 Å². The second-order valence-electron chi connectivity index (χ2n) is 6.50. The molecule has 2 nitrogen and oxygen atoms in total. The molecule has 0 unspecified atom stereocenters. The van der Waals surface area contributed by atoms with Crippen LogP contribution in [-0.2, 0) is 6.18 Å². The second-order valence-corrected chi connectivity index (χ2v) is 7.35. The molecule has 3 rings (SSSR count). The fraction of sp³-hybridized carbons (Fsp3) is 0.136. The molecule has 3 aromatic rings. The first-order valence-electron chi connectivity index (χ1n) is 8.55. The van der Waals surface area contributed by atoms with E-state index < -0.39 is 11.7 Å². The Morgan fingerprint density at radius 3 is 2.41 bits per heavy atom. The van der Waals surface area contributed by atoms with Gasteiger partial charge in [0.05, 0.1) is 22.2 Å². The lowest BCUT2D eigenvalue weighted by Gasteiger charge is -2.13. The number of aryl methyl sites for hydroxylation is 1. The molecule has 0 spiro atoms. The molecule has 0 fully saturated rings. The molecule has 0 aliphatic carbocycles. The van der Waals surface area contributed by atoms with Gasteiger partial charge in [-0.2, -0.15) is 18.4 Å². The Morgan fingerprint density at radius 2 is 1.79 bits per heavy atom. The number of alkyl halides is 3. The van der Waals surface area contributed by atoms with E-state index in [0.717, 1.165) is 17.8 Å². The number of aromatic nitrogens is 1. The standard InChI is InChI=1S/C22H15Cl2F3N2/c1-13-8-15(9-16(12-28)20-7-6-18(23)11-21(20)24)14(2)29(13)19-5-3-4-17(10-19)22(25,26)27/h3-11H,1-2H3/b16-9+. The number of benzene rings is 2. The molecule has 0 amide bonds. The van der Waals surface area contributed by atoms with Crippen molar-refractivity contribution in [1.82, 2.24) is 4.57 Å². The molecular weight excluding hydrogens is 420 g/mol. The number of nitriles is 1. The molecule has 0 radical (unpaired) electrons. The highest BCUT2D eigenvalue weighted by Crippen LogP contribution is 2.33. The molecule has 0 aliphatic heterocycles. The summed E-state index contributed by atoms with van der Waals surface area (Å²) >= 11 is 12.1. The summed E-state index contributed by atoms with van der Waals surface area (Å²) in [5.74, 6) is 0. The van der Waals surface area contributed by atoms with Crippen LogP contribution in [0.1, 0.15) is 28.1 Å². The van der Waals surface area contributed by atoms with Gasteiger partial charge in [0.2, 0.25) is 0 Å². The normalized spacial score (nSPS) is 12.1. The largest absolute Gasteiger partial charge is 0.416 e. The Kier molecular flexibility index (Phi) is 5.79. The first kappa shape index (κ1) is 21.0. The maximum absolute atomic E-state index is 13.1. The smallest absolute Gasteiger partial charge is 0.318 e. The molecule has 0 atom stereocenters. The Hall–Kier alpha value is -2.68. The van der Waals surface area contributed by atoms with E-state index in [1.807, 2.05) is 6.07 Å². The highest BCUT2D eigenvalue weighted by Gasteiger charge is 2.30. The van der Waals surface area contributed by atoms with Gasteiger partial charge < -0.3 is 4.57 Å². The van der Waals surface area contributed by atoms with Gasteiger partial charge in [-0.3, -0.25) is 0 Å². The molecule has 1 aromatic heterocycles. The van der Waals surface area contributed by atoms with Crippen LogP contribution in [0, 0.1) is 25.2 Å². The molecule has 1 heterocycles.